The third kappa shape index (κ3) is 3.62. The van der Waals surface area contributed by atoms with Crippen molar-refractivity contribution in [2.45, 2.75) is 13.0 Å². The number of hydrogen-bond donors (Lipinski definition) is 0. The van der Waals surface area contributed by atoms with E-state index in [9.17, 15) is 14.9 Å². The van der Waals surface area contributed by atoms with Crippen LogP contribution in [0.4, 0.5) is 5.69 Å². The number of aromatic nitrogens is 1. The highest BCUT2D eigenvalue weighted by molar-refractivity contribution is 6.37. The molecule has 0 spiro atoms. The van der Waals surface area contributed by atoms with Crippen LogP contribution in [0.25, 0.3) is 11.1 Å². The lowest BCUT2D eigenvalue weighted by atomic mass is 10.3. The fraction of sp³-hybridized carbons (Fsp3) is 0.188. The number of aryl methyl sites for hydroxylation is 1. The number of hydrogen-bond acceptors (Lipinski definition) is 5. The minimum absolute atomic E-state index is 0.110. The first-order valence-electron chi connectivity index (χ1n) is 7.32. The number of rotatable bonds is 6. The number of halogens is 2. The van der Waals surface area contributed by atoms with Gasteiger partial charge in [-0.25, -0.2) is 4.79 Å². The van der Waals surface area contributed by atoms with Crippen molar-refractivity contribution < 1.29 is 14.1 Å². The van der Waals surface area contributed by atoms with Gasteiger partial charge in [0.2, 0.25) is 0 Å². The summed E-state index contributed by atoms with van der Waals surface area (Å²) in [6, 6.07) is 9.04. The zero-order chi connectivity index (χ0) is 18.0. The number of nitro groups is 1. The molecule has 0 radical (unpaired) electrons. The van der Waals surface area contributed by atoms with Crippen LogP contribution in [0, 0.1) is 10.1 Å². The van der Waals surface area contributed by atoms with Crippen LogP contribution in [0.15, 0.2) is 45.6 Å². The molecule has 2 aromatic carbocycles. The summed E-state index contributed by atoms with van der Waals surface area (Å²) in [6.07, 6.45) is 0.457. The van der Waals surface area contributed by atoms with Crippen molar-refractivity contribution >= 4 is 40.0 Å². The Bertz CT molecular complexity index is 976. The van der Waals surface area contributed by atoms with Gasteiger partial charge >= 0.3 is 5.76 Å². The maximum Gasteiger partial charge on any atom is 0.419 e. The van der Waals surface area contributed by atoms with E-state index in [4.69, 9.17) is 32.4 Å². The van der Waals surface area contributed by atoms with E-state index in [0.29, 0.717) is 33.3 Å². The molecule has 3 rings (SSSR count). The highest BCUT2D eigenvalue weighted by Crippen LogP contribution is 2.32. The van der Waals surface area contributed by atoms with E-state index >= 15 is 0 Å². The SMILES string of the molecule is O=c1oc2ccc([N+](=O)[O-])cc2n1CCCOc1c(Cl)cccc1Cl. The highest BCUT2D eigenvalue weighted by Gasteiger charge is 2.14. The zero-order valence-electron chi connectivity index (χ0n) is 12.8. The van der Waals surface area contributed by atoms with Crippen molar-refractivity contribution in [2.24, 2.45) is 0 Å². The van der Waals surface area contributed by atoms with Crippen LogP contribution in [-0.4, -0.2) is 16.1 Å². The molecule has 0 bridgehead atoms. The van der Waals surface area contributed by atoms with Gasteiger partial charge in [-0.15, -0.1) is 0 Å². The van der Waals surface area contributed by atoms with Gasteiger partial charge in [-0.05, 0) is 24.6 Å². The van der Waals surface area contributed by atoms with Crippen molar-refractivity contribution in [1.29, 1.82) is 0 Å². The fourth-order valence-electron chi connectivity index (χ4n) is 2.39. The minimum atomic E-state index is -0.578. The minimum Gasteiger partial charge on any atom is -0.490 e. The molecule has 3 aromatic rings. The van der Waals surface area contributed by atoms with Crippen LogP contribution < -0.4 is 10.5 Å². The fourth-order valence-corrected chi connectivity index (χ4v) is 2.90. The largest absolute Gasteiger partial charge is 0.490 e. The van der Waals surface area contributed by atoms with Crippen LogP contribution >= 0.6 is 23.2 Å². The van der Waals surface area contributed by atoms with Gasteiger partial charge in [0, 0.05) is 18.7 Å². The molecule has 25 heavy (non-hydrogen) atoms. The topological polar surface area (TPSA) is 87.5 Å². The van der Waals surface area contributed by atoms with Crippen molar-refractivity contribution in [3.05, 3.63) is 67.1 Å². The molecule has 1 aromatic heterocycles. The summed E-state index contributed by atoms with van der Waals surface area (Å²) in [5, 5.41) is 11.7. The summed E-state index contributed by atoms with van der Waals surface area (Å²) in [5.74, 6) is -0.197. The number of para-hydroxylation sites is 1. The van der Waals surface area contributed by atoms with E-state index in [0.717, 1.165) is 0 Å². The first kappa shape index (κ1) is 17.3. The Balaban J connectivity index is 1.73. The Kier molecular flexibility index (Phi) is 4.96. The quantitative estimate of drug-likeness (QED) is 0.360. The Morgan fingerprint density at radius 2 is 1.92 bits per heavy atom. The van der Waals surface area contributed by atoms with Crippen LogP contribution in [0.2, 0.25) is 10.0 Å². The predicted octanol–water partition coefficient (Wildman–Crippen LogP) is 4.28. The van der Waals surface area contributed by atoms with Gasteiger partial charge in [-0.1, -0.05) is 29.3 Å². The predicted molar refractivity (Wildman–Crippen MR) is 93.7 cm³/mol. The molecule has 0 atom stereocenters. The number of nitro benzene ring substituents is 1. The summed E-state index contributed by atoms with van der Waals surface area (Å²) in [7, 11) is 0. The third-order valence-electron chi connectivity index (χ3n) is 3.55. The number of nitrogens with zero attached hydrogens (tertiary/aromatic N) is 2. The van der Waals surface area contributed by atoms with Gasteiger partial charge < -0.3 is 9.15 Å². The van der Waals surface area contributed by atoms with E-state index in [1.54, 1.807) is 18.2 Å². The summed E-state index contributed by atoms with van der Waals surface area (Å²) in [4.78, 5) is 22.3. The monoisotopic (exact) mass is 382 g/mol. The molecular weight excluding hydrogens is 371 g/mol. The molecule has 0 aliphatic heterocycles. The first-order chi connectivity index (χ1) is 12.0. The van der Waals surface area contributed by atoms with E-state index < -0.39 is 10.7 Å². The van der Waals surface area contributed by atoms with Gasteiger partial charge in [-0.3, -0.25) is 14.7 Å². The number of benzene rings is 2. The summed E-state index contributed by atoms with van der Waals surface area (Å²) >= 11 is 12.0. The lowest BCUT2D eigenvalue weighted by Gasteiger charge is -2.09. The molecule has 0 aliphatic carbocycles. The average Bonchev–Trinajstić information content (AvgIpc) is 2.88. The molecule has 0 amide bonds. The second-order valence-electron chi connectivity index (χ2n) is 5.18. The Labute approximate surface area is 151 Å². The second-order valence-corrected chi connectivity index (χ2v) is 6.00. The normalized spacial score (nSPS) is 11.0. The lowest BCUT2D eigenvalue weighted by molar-refractivity contribution is -0.384. The molecule has 1 heterocycles. The molecular formula is C16H12Cl2N2O5. The van der Waals surface area contributed by atoms with Crippen LogP contribution in [-0.2, 0) is 6.54 Å². The van der Waals surface area contributed by atoms with E-state index in [-0.39, 0.29) is 18.8 Å². The molecule has 0 fully saturated rings. The Morgan fingerprint density at radius 1 is 1.20 bits per heavy atom. The summed E-state index contributed by atoms with van der Waals surface area (Å²) in [5.41, 5.74) is 0.557. The smallest absolute Gasteiger partial charge is 0.419 e. The van der Waals surface area contributed by atoms with E-state index in [2.05, 4.69) is 0 Å². The molecule has 0 unspecified atom stereocenters. The number of fused-ring (bicyclic) bond motifs is 1. The lowest BCUT2D eigenvalue weighted by Crippen LogP contribution is -2.16. The van der Waals surface area contributed by atoms with Gasteiger partial charge in [0.15, 0.2) is 11.3 Å². The van der Waals surface area contributed by atoms with Gasteiger partial charge in [-0.2, -0.15) is 0 Å². The molecule has 0 aliphatic rings. The van der Waals surface area contributed by atoms with E-state index in [1.807, 2.05) is 0 Å². The van der Waals surface area contributed by atoms with Crippen LogP contribution in [0.3, 0.4) is 0 Å². The molecule has 7 nitrogen and oxygen atoms in total. The second kappa shape index (κ2) is 7.16. The summed E-state index contributed by atoms with van der Waals surface area (Å²) < 4.78 is 12.0. The molecule has 130 valence electrons. The van der Waals surface area contributed by atoms with Gasteiger partial charge in [0.1, 0.15) is 0 Å². The molecule has 0 N–H and O–H groups in total. The molecule has 0 saturated carbocycles. The van der Waals surface area contributed by atoms with Crippen molar-refractivity contribution in [1.82, 2.24) is 4.57 Å². The van der Waals surface area contributed by atoms with Crippen molar-refractivity contribution in [2.75, 3.05) is 6.61 Å². The Hall–Kier alpha value is -2.51. The number of oxazole rings is 1. The van der Waals surface area contributed by atoms with Crippen molar-refractivity contribution in [3.8, 4) is 5.75 Å². The first-order valence-corrected chi connectivity index (χ1v) is 8.07. The number of non-ortho nitro benzene ring substituents is 1. The van der Waals surface area contributed by atoms with Crippen molar-refractivity contribution in [3.63, 3.8) is 0 Å². The van der Waals surface area contributed by atoms with Crippen LogP contribution in [0.5, 0.6) is 5.75 Å². The highest BCUT2D eigenvalue weighted by atomic mass is 35.5. The van der Waals surface area contributed by atoms with Gasteiger partial charge in [0.25, 0.3) is 5.69 Å². The molecule has 9 heteroatoms. The molecule has 0 saturated heterocycles. The maximum atomic E-state index is 11.9. The summed E-state index contributed by atoms with van der Waals surface area (Å²) in [6.45, 7) is 0.534. The third-order valence-corrected chi connectivity index (χ3v) is 4.15. The zero-order valence-corrected chi connectivity index (χ0v) is 14.3. The van der Waals surface area contributed by atoms with E-state index in [1.165, 1.54) is 22.8 Å². The van der Waals surface area contributed by atoms with Gasteiger partial charge in [0.05, 0.1) is 27.1 Å². The number of ether oxygens (including phenoxy) is 1. The maximum absolute atomic E-state index is 11.9. The average molecular weight is 383 g/mol. The Morgan fingerprint density at radius 3 is 2.60 bits per heavy atom. The standard InChI is InChI=1S/C16H12Cl2N2O5/c17-11-3-1-4-12(18)15(11)24-8-2-7-19-13-9-10(20(22)23)5-6-14(13)25-16(19)21/h1,3-6,9H,2,7-8H2. The van der Waals surface area contributed by atoms with Crippen LogP contribution in [0.1, 0.15) is 6.42 Å².